The van der Waals surface area contributed by atoms with Gasteiger partial charge in [-0.3, -0.25) is 4.79 Å². The minimum Gasteiger partial charge on any atom is -0.414 e. The minimum atomic E-state index is -3.07. The molecule has 478 valence electrons. The minimum absolute atomic E-state index is 0.109. The molecule has 0 saturated carbocycles. The summed E-state index contributed by atoms with van der Waals surface area (Å²) in [6.45, 7) is 44.7. The standard InChI is InChI=1S/C33H51NO7Si2.C33H52O8Si2/c2*1-22(2)42(23(3)4)38-28-17-32(20-35-19-26-14-12-11-13-15-26)27(18-34)16-33(21-36-31(9,10)40-33)30(37-28)29(32)39-43(41-42,24(5)6)25(7)8/h11-16,22-25,28-30H,17,19-21H2,1-10H3;11-16,18,22-25,28-30H,17,19-21H2,1-10H3/t2*28-,29-,30-,32-,33?/m11/s1. The van der Waals surface area contributed by atoms with Crippen LogP contribution in [0.3, 0.4) is 0 Å². The van der Waals surface area contributed by atoms with E-state index < -0.39 is 105 Å². The zero-order chi connectivity index (χ0) is 62.8. The van der Waals surface area contributed by atoms with Gasteiger partial charge >= 0.3 is 34.2 Å². The lowest BCUT2D eigenvalue weighted by Gasteiger charge is -2.58. The highest BCUT2D eigenvalue weighted by Crippen LogP contribution is 2.62. The van der Waals surface area contributed by atoms with Gasteiger partial charge < -0.3 is 63.8 Å². The first-order valence-electron chi connectivity index (χ1n) is 32.0. The number of benzene rings is 2. The van der Waals surface area contributed by atoms with Crippen LogP contribution in [0.5, 0.6) is 0 Å². The largest absolute Gasteiger partial charge is 0.414 e. The molecule has 0 amide bonds. The molecule has 2 aromatic rings. The summed E-state index contributed by atoms with van der Waals surface area (Å²) in [5.41, 5.74) is 0.679. The van der Waals surface area contributed by atoms with Gasteiger partial charge in [0.05, 0.1) is 68.7 Å². The van der Waals surface area contributed by atoms with Gasteiger partial charge in [-0.2, -0.15) is 5.26 Å². The van der Waals surface area contributed by atoms with E-state index in [0.717, 1.165) is 17.4 Å². The van der Waals surface area contributed by atoms with E-state index in [1.165, 1.54) is 0 Å². The van der Waals surface area contributed by atoms with Crippen LogP contribution in [0.25, 0.3) is 0 Å². The van der Waals surface area contributed by atoms with E-state index in [-0.39, 0.29) is 70.8 Å². The number of hydrogen-bond acceptors (Lipinski definition) is 16. The summed E-state index contributed by atoms with van der Waals surface area (Å²) >= 11 is 0. The smallest absolute Gasteiger partial charge is 0.336 e. The van der Waals surface area contributed by atoms with E-state index in [1.54, 1.807) is 0 Å². The summed E-state index contributed by atoms with van der Waals surface area (Å²) in [6, 6.07) is 22.8. The van der Waals surface area contributed by atoms with Gasteiger partial charge in [0.15, 0.2) is 24.2 Å². The van der Waals surface area contributed by atoms with E-state index >= 15 is 0 Å². The van der Waals surface area contributed by atoms with E-state index in [1.807, 2.05) is 88.4 Å². The van der Waals surface area contributed by atoms with Gasteiger partial charge in [0.2, 0.25) is 0 Å². The number of ether oxygens (including phenoxy) is 8. The van der Waals surface area contributed by atoms with Crippen molar-refractivity contribution in [2.75, 3.05) is 26.4 Å². The number of carbonyl (C=O) groups is 1. The Morgan fingerprint density at radius 1 is 0.512 bits per heavy atom. The first-order chi connectivity index (χ1) is 40.3. The summed E-state index contributed by atoms with van der Waals surface area (Å²) in [5, 5.41) is 10.8. The van der Waals surface area contributed by atoms with Crippen LogP contribution in [-0.2, 0) is 81.8 Å². The average molecular weight is 1260 g/mol. The van der Waals surface area contributed by atoms with E-state index in [4.69, 9.17) is 63.8 Å². The van der Waals surface area contributed by atoms with Crippen LogP contribution < -0.4 is 0 Å². The predicted molar refractivity (Wildman–Crippen MR) is 337 cm³/mol. The molecule has 2 aliphatic carbocycles. The maximum atomic E-state index is 13.2. The van der Waals surface area contributed by atoms with Crippen molar-refractivity contribution in [2.45, 2.75) is 269 Å². The lowest BCUT2D eigenvalue weighted by Crippen LogP contribution is -2.70. The molecular formula is C66H103NO15Si4. The molecule has 8 bridgehead atoms. The van der Waals surface area contributed by atoms with Crippen LogP contribution in [0.2, 0.25) is 44.3 Å². The van der Waals surface area contributed by atoms with Gasteiger partial charge in [-0.15, -0.1) is 0 Å². The second kappa shape index (κ2) is 25.1. The first-order valence-corrected chi connectivity index (χ1v) is 39.8. The van der Waals surface area contributed by atoms with Crippen molar-refractivity contribution in [3.8, 4) is 6.07 Å². The second-order valence-electron chi connectivity index (χ2n) is 29.2. The topological polar surface area (TPSA) is 170 Å². The fourth-order valence-electron chi connectivity index (χ4n) is 15.4. The van der Waals surface area contributed by atoms with Gasteiger partial charge in [0.1, 0.15) is 29.7 Å². The molecule has 2 unspecified atom stereocenters. The summed E-state index contributed by atoms with van der Waals surface area (Å²) in [7, 11) is -12.0. The van der Waals surface area contributed by atoms with E-state index in [9.17, 15) is 10.1 Å². The number of rotatable bonds is 17. The highest BCUT2D eigenvalue weighted by Gasteiger charge is 2.73. The molecule has 12 rings (SSSR count). The summed E-state index contributed by atoms with van der Waals surface area (Å²) in [4.78, 5) is 13.2. The van der Waals surface area contributed by atoms with Crippen LogP contribution in [0.4, 0.5) is 0 Å². The average Bonchev–Trinajstić information content (AvgIpc) is 1.36. The van der Waals surface area contributed by atoms with Crippen LogP contribution >= 0.6 is 0 Å². The third kappa shape index (κ3) is 12.0. The Labute approximate surface area is 518 Å². The molecule has 2 spiro atoms. The Kier molecular flexibility index (Phi) is 19.8. The number of hydrogen-bond donors (Lipinski definition) is 0. The predicted octanol–water partition coefficient (Wildman–Crippen LogP) is 14.2. The zero-order valence-electron chi connectivity index (χ0n) is 55.3. The Balaban J connectivity index is 0.000000205. The number of fused-ring (bicyclic) bond motifs is 8. The maximum absolute atomic E-state index is 13.2. The molecule has 0 aromatic heterocycles. The summed E-state index contributed by atoms with van der Waals surface area (Å²) < 4.78 is 97.5. The lowest BCUT2D eigenvalue weighted by atomic mass is 9.62. The molecule has 10 aliphatic rings. The van der Waals surface area contributed by atoms with Crippen molar-refractivity contribution in [3.63, 3.8) is 0 Å². The van der Waals surface area contributed by atoms with Crippen molar-refractivity contribution in [2.24, 2.45) is 10.8 Å². The number of aldehydes is 1. The first kappa shape index (κ1) is 67.8. The van der Waals surface area contributed by atoms with E-state index in [2.05, 4.69) is 129 Å². The van der Waals surface area contributed by atoms with Gasteiger partial charge in [-0.05, 0) is 95.3 Å². The fourth-order valence-corrected chi connectivity index (χ4v) is 37.8. The van der Waals surface area contributed by atoms with Crippen molar-refractivity contribution >= 4 is 40.5 Å². The third-order valence-corrected chi connectivity index (χ3v) is 40.3. The maximum Gasteiger partial charge on any atom is 0.336 e. The van der Waals surface area contributed by atoms with Gasteiger partial charge in [-0.25, -0.2) is 0 Å². The lowest BCUT2D eigenvalue weighted by molar-refractivity contribution is -0.285. The van der Waals surface area contributed by atoms with Gasteiger partial charge in [-0.1, -0.05) is 171 Å². The monoisotopic (exact) mass is 1260 g/mol. The highest BCUT2D eigenvalue weighted by molar-refractivity contribution is 6.84. The molecule has 16 nitrogen and oxygen atoms in total. The molecule has 0 radical (unpaired) electrons. The molecule has 2 aromatic carbocycles. The molecule has 8 heterocycles. The Bertz CT molecular complexity index is 2760. The van der Waals surface area contributed by atoms with Crippen molar-refractivity contribution in [1.82, 2.24) is 0 Å². The molecule has 8 aliphatic heterocycles. The molecule has 8 fully saturated rings. The Hall–Kier alpha value is -2.61. The van der Waals surface area contributed by atoms with Crippen LogP contribution in [0, 0.1) is 22.2 Å². The zero-order valence-corrected chi connectivity index (χ0v) is 59.3. The third-order valence-electron chi connectivity index (χ3n) is 19.8. The van der Waals surface area contributed by atoms with Crippen LogP contribution in [0.15, 0.2) is 84.0 Å². The quantitative estimate of drug-likeness (QED) is 0.108. The van der Waals surface area contributed by atoms with Crippen molar-refractivity contribution in [1.29, 1.82) is 5.26 Å². The molecule has 86 heavy (non-hydrogen) atoms. The van der Waals surface area contributed by atoms with Gasteiger partial charge in [0, 0.05) is 24.0 Å². The number of carbonyl (C=O) groups excluding carboxylic acids is 1. The molecule has 10 atom stereocenters. The van der Waals surface area contributed by atoms with Crippen molar-refractivity contribution in [3.05, 3.63) is 95.1 Å². The molecule has 8 saturated heterocycles. The SMILES string of the molecule is CC(C)[Si]1(C(C)C)O[C@@H]2C[C@@]3(COCc4ccccc4)C(C#N)=CC4(COC(C)(C)O4)[C@H](O2)[C@H]3O[Si](C(C)C)(C(C)C)O1.CC(C)[Si]1(C(C)C)O[C@@H]2C[C@@]3(COCc4ccccc4)C(C=O)=CC4(COC(C)(C)O4)[C@H](O2)[C@H]3O[Si](C(C)C)(C(C)C)O1. The molecular weight excluding hydrogens is 1160 g/mol. The summed E-state index contributed by atoms with van der Waals surface area (Å²) in [6.07, 6.45) is 2.15. The fraction of sp³-hybridized carbons (Fsp3) is 0.727. The van der Waals surface area contributed by atoms with Crippen LogP contribution in [-0.4, -0.2) is 127 Å². The second-order valence-corrected chi connectivity index (χ2v) is 46.8. The molecule has 0 N–H and O–H groups in total. The normalized spacial score (nSPS) is 34.4. The molecule has 20 heteroatoms. The summed E-state index contributed by atoms with van der Waals surface area (Å²) in [5.74, 6) is -1.70. The Morgan fingerprint density at radius 3 is 1.21 bits per heavy atom. The van der Waals surface area contributed by atoms with E-state index in [0.29, 0.717) is 37.2 Å². The number of nitriles is 1. The van der Waals surface area contributed by atoms with Crippen molar-refractivity contribution < 1.29 is 68.6 Å². The highest BCUT2D eigenvalue weighted by atomic mass is 28.5. The number of nitrogens with zero attached hydrogens (tertiary/aromatic N) is 1. The van der Waals surface area contributed by atoms with Crippen LogP contribution in [0.1, 0.15) is 162 Å². The van der Waals surface area contributed by atoms with Gasteiger partial charge in [0.25, 0.3) is 0 Å². The Morgan fingerprint density at radius 2 is 0.860 bits per heavy atom.